The van der Waals surface area contributed by atoms with Crippen molar-refractivity contribution >= 4 is 11.8 Å². The smallest absolute Gasteiger partial charge is 0.247 e. The average molecular weight is 470 g/mol. The third-order valence-electron chi connectivity index (χ3n) is 5.12. The van der Waals surface area contributed by atoms with Crippen molar-refractivity contribution in [3.8, 4) is 22.9 Å². The van der Waals surface area contributed by atoms with Gasteiger partial charge in [-0.15, -0.1) is 20.4 Å². The molecule has 5 aromatic rings. The Bertz CT molecular complexity index is 1330. The first-order chi connectivity index (χ1) is 16.8. The van der Waals surface area contributed by atoms with Crippen molar-refractivity contribution in [3.05, 3.63) is 102 Å². The second-order valence-electron chi connectivity index (χ2n) is 7.48. The van der Waals surface area contributed by atoms with E-state index < -0.39 is 0 Å². The quantitative estimate of drug-likeness (QED) is 0.260. The third-order valence-corrected chi connectivity index (χ3v) is 6.04. The van der Waals surface area contributed by atoms with Gasteiger partial charge in [-0.25, -0.2) is 0 Å². The van der Waals surface area contributed by atoms with Gasteiger partial charge in [-0.2, -0.15) is 0 Å². The Morgan fingerprint density at radius 1 is 0.824 bits per heavy atom. The van der Waals surface area contributed by atoms with Gasteiger partial charge in [0.15, 0.2) is 5.16 Å². The van der Waals surface area contributed by atoms with Gasteiger partial charge in [-0.3, -0.25) is 4.57 Å². The standard InChI is InChI=1S/C26H23N5O2S/c1-2-32-22-15-13-21(14-16-22)31-23(17-19-9-5-3-6-10-19)27-30-26(31)34-18-24-28-29-25(33-24)20-11-7-4-8-12-20/h3-16H,2,17-18H2,1H3. The van der Waals surface area contributed by atoms with Crippen LogP contribution in [0, 0.1) is 0 Å². The molecular formula is C26H23N5O2S. The summed E-state index contributed by atoms with van der Waals surface area (Å²) >= 11 is 1.51. The molecule has 3 aromatic carbocycles. The second kappa shape index (κ2) is 10.4. The van der Waals surface area contributed by atoms with Crippen molar-refractivity contribution < 1.29 is 9.15 Å². The third kappa shape index (κ3) is 5.02. The zero-order valence-electron chi connectivity index (χ0n) is 18.7. The highest BCUT2D eigenvalue weighted by Crippen LogP contribution is 2.28. The van der Waals surface area contributed by atoms with E-state index in [4.69, 9.17) is 9.15 Å². The highest BCUT2D eigenvalue weighted by atomic mass is 32.2. The lowest BCUT2D eigenvalue weighted by Crippen LogP contribution is -2.04. The number of nitrogens with zero attached hydrogens (tertiary/aromatic N) is 5. The van der Waals surface area contributed by atoms with Crippen LogP contribution in [0.4, 0.5) is 0 Å². The van der Waals surface area contributed by atoms with E-state index in [1.807, 2.05) is 79.7 Å². The van der Waals surface area contributed by atoms with Crippen LogP contribution in [0.25, 0.3) is 17.1 Å². The number of ether oxygens (including phenoxy) is 1. The van der Waals surface area contributed by atoms with Crippen LogP contribution in [-0.4, -0.2) is 31.6 Å². The Kier molecular flexibility index (Phi) is 6.67. The first-order valence-electron chi connectivity index (χ1n) is 11.0. The van der Waals surface area contributed by atoms with Gasteiger partial charge in [0.25, 0.3) is 0 Å². The molecule has 8 heteroatoms. The minimum atomic E-state index is 0.486. The van der Waals surface area contributed by atoms with Gasteiger partial charge in [0, 0.05) is 17.7 Å². The van der Waals surface area contributed by atoms with Crippen LogP contribution in [0.2, 0.25) is 0 Å². The molecule has 0 saturated heterocycles. The summed E-state index contributed by atoms with van der Waals surface area (Å²) in [5, 5.41) is 18.1. The van der Waals surface area contributed by atoms with E-state index in [1.54, 1.807) is 0 Å². The van der Waals surface area contributed by atoms with E-state index in [0.717, 1.165) is 28.0 Å². The van der Waals surface area contributed by atoms with E-state index in [2.05, 4.69) is 37.1 Å². The maximum absolute atomic E-state index is 5.87. The van der Waals surface area contributed by atoms with Crippen molar-refractivity contribution in [2.75, 3.05) is 6.61 Å². The number of rotatable bonds is 9. The molecule has 0 atom stereocenters. The molecule has 0 aliphatic rings. The van der Waals surface area contributed by atoms with Crippen LogP contribution in [0.15, 0.2) is 94.5 Å². The highest BCUT2D eigenvalue weighted by molar-refractivity contribution is 7.98. The number of thioether (sulfide) groups is 1. The average Bonchev–Trinajstić information content (AvgIpc) is 3.52. The lowest BCUT2D eigenvalue weighted by Gasteiger charge is -2.11. The van der Waals surface area contributed by atoms with Gasteiger partial charge in [0.2, 0.25) is 11.8 Å². The molecule has 0 aliphatic carbocycles. The van der Waals surface area contributed by atoms with Gasteiger partial charge in [0.05, 0.1) is 12.4 Å². The zero-order valence-corrected chi connectivity index (χ0v) is 19.5. The molecule has 0 spiro atoms. The van der Waals surface area contributed by atoms with Crippen molar-refractivity contribution in [3.63, 3.8) is 0 Å². The Morgan fingerprint density at radius 2 is 1.56 bits per heavy atom. The minimum absolute atomic E-state index is 0.486. The summed E-state index contributed by atoms with van der Waals surface area (Å²) < 4.78 is 13.5. The fraction of sp³-hybridized carbons (Fsp3) is 0.154. The van der Waals surface area contributed by atoms with Crippen molar-refractivity contribution in [1.82, 2.24) is 25.0 Å². The highest BCUT2D eigenvalue weighted by Gasteiger charge is 2.17. The zero-order chi connectivity index (χ0) is 23.2. The molecule has 7 nitrogen and oxygen atoms in total. The molecule has 0 fully saturated rings. The fourth-order valence-corrected chi connectivity index (χ4v) is 4.35. The summed E-state index contributed by atoms with van der Waals surface area (Å²) in [4.78, 5) is 0. The monoisotopic (exact) mass is 469 g/mol. The normalized spacial score (nSPS) is 11.0. The van der Waals surface area contributed by atoms with Gasteiger partial charge in [-0.05, 0) is 48.9 Å². The number of benzene rings is 3. The second-order valence-corrected chi connectivity index (χ2v) is 8.42. The van der Waals surface area contributed by atoms with Crippen LogP contribution in [0.3, 0.4) is 0 Å². The molecule has 5 rings (SSSR count). The first kappa shape index (κ1) is 21.9. The Labute approximate surface area is 201 Å². The Morgan fingerprint density at radius 3 is 2.29 bits per heavy atom. The fourth-order valence-electron chi connectivity index (χ4n) is 3.54. The predicted octanol–water partition coefficient (Wildman–Crippen LogP) is 5.60. The predicted molar refractivity (Wildman–Crippen MR) is 131 cm³/mol. The van der Waals surface area contributed by atoms with Crippen LogP contribution in [-0.2, 0) is 12.2 Å². The van der Waals surface area contributed by atoms with Crippen molar-refractivity contribution in [2.24, 2.45) is 0 Å². The molecule has 0 amide bonds. The van der Waals surface area contributed by atoms with Gasteiger partial charge in [-0.1, -0.05) is 60.3 Å². The first-order valence-corrected chi connectivity index (χ1v) is 12.0. The summed E-state index contributed by atoms with van der Waals surface area (Å²) in [5.41, 5.74) is 3.04. The molecular weight excluding hydrogens is 446 g/mol. The van der Waals surface area contributed by atoms with Gasteiger partial charge in [0.1, 0.15) is 11.6 Å². The van der Waals surface area contributed by atoms with Gasteiger partial charge < -0.3 is 9.15 Å². The molecule has 34 heavy (non-hydrogen) atoms. The van der Waals surface area contributed by atoms with Crippen LogP contribution < -0.4 is 4.74 Å². The van der Waals surface area contributed by atoms with E-state index in [1.165, 1.54) is 17.3 Å². The molecule has 0 bridgehead atoms. The minimum Gasteiger partial charge on any atom is -0.494 e. The lowest BCUT2D eigenvalue weighted by molar-refractivity contribution is 0.340. The maximum atomic E-state index is 5.87. The van der Waals surface area contributed by atoms with Crippen LogP contribution >= 0.6 is 11.8 Å². The number of hydrogen-bond donors (Lipinski definition) is 0. The molecule has 0 radical (unpaired) electrons. The van der Waals surface area contributed by atoms with Crippen LogP contribution in [0.5, 0.6) is 5.75 Å². The topological polar surface area (TPSA) is 78.9 Å². The molecule has 0 aliphatic heterocycles. The van der Waals surface area contributed by atoms with E-state index in [-0.39, 0.29) is 0 Å². The largest absolute Gasteiger partial charge is 0.494 e. The number of hydrogen-bond acceptors (Lipinski definition) is 7. The van der Waals surface area contributed by atoms with Crippen LogP contribution in [0.1, 0.15) is 24.2 Å². The number of aromatic nitrogens is 5. The van der Waals surface area contributed by atoms with E-state index in [0.29, 0.717) is 30.6 Å². The van der Waals surface area contributed by atoms with Gasteiger partial charge >= 0.3 is 0 Å². The molecule has 0 N–H and O–H groups in total. The molecule has 2 heterocycles. The summed E-state index contributed by atoms with van der Waals surface area (Å²) in [7, 11) is 0. The van der Waals surface area contributed by atoms with Crippen molar-refractivity contribution in [1.29, 1.82) is 0 Å². The molecule has 170 valence electrons. The van der Waals surface area contributed by atoms with Crippen molar-refractivity contribution in [2.45, 2.75) is 24.3 Å². The Hall–Kier alpha value is -3.91. The Balaban J connectivity index is 1.40. The lowest BCUT2D eigenvalue weighted by atomic mass is 10.1. The molecule has 0 unspecified atom stereocenters. The molecule has 0 saturated carbocycles. The molecule has 2 aromatic heterocycles. The van der Waals surface area contributed by atoms with E-state index >= 15 is 0 Å². The summed E-state index contributed by atoms with van der Waals surface area (Å²) in [5.74, 6) is 3.22. The SMILES string of the molecule is CCOc1ccc(-n2c(Cc3ccccc3)nnc2SCc2nnc(-c3ccccc3)o2)cc1. The summed E-state index contributed by atoms with van der Waals surface area (Å²) in [6.45, 7) is 2.60. The summed E-state index contributed by atoms with van der Waals surface area (Å²) in [6, 6.07) is 28.0. The van der Waals surface area contributed by atoms with E-state index in [9.17, 15) is 0 Å². The summed E-state index contributed by atoms with van der Waals surface area (Å²) in [6.07, 6.45) is 0.667. The maximum Gasteiger partial charge on any atom is 0.247 e.